The molecule has 1 fully saturated rings. The van der Waals surface area contributed by atoms with Crippen LogP contribution < -0.4 is 0 Å². The van der Waals surface area contributed by atoms with Crippen LogP contribution in [0.3, 0.4) is 0 Å². The Balaban J connectivity index is 2.24. The third-order valence-electron chi connectivity index (χ3n) is 4.31. The Morgan fingerprint density at radius 1 is 1.35 bits per heavy atom. The van der Waals surface area contributed by atoms with Crippen LogP contribution in [0.5, 0.6) is 0 Å². The fraction of sp³-hybridized carbons (Fsp3) is 0.714. The van der Waals surface area contributed by atoms with Crippen molar-refractivity contribution in [1.82, 2.24) is 0 Å². The van der Waals surface area contributed by atoms with Crippen molar-refractivity contribution < 1.29 is 5.11 Å². The highest BCUT2D eigenvalue weighted by atomic mass is 79.9. The molecule has 0 bridgehead atoms. The van der Waals surface area contributed by atoms with Crippen LogP contribution in [0.15, 0.2) is 15.2 Å². The lowest BCUT2D eigenvalue weighted by Crippen LogP contribution is -2.41. The average Bonchev–Trinajstić information content (AvgIpc) is 2.64. The van der Waals surface area contributed by atoms with Gasteiger partial charge in [-0.25, -0.2) is 0 Å². The summed E-state index contributed by atoms with van der Waals surface area (Å²) in [7, 11) is 0. The van der Waals surface area contributed by atoms with Crippen LogP contribution in [0.1, 0.15) is 45.6 Å². The van der Waals surface area contributed by atoms with Crippen molar-refractivity contribution in [1.29, 1.82) is 0 Å². The molecule has 1 aromatic heterocycles. The van der Waals surface area contributed by atoms with Gasteiger partial charge in [-0.05, 0) is 57.0 Å². The molecule has 0 amide bonds. The van der Waals surface area contributed by atoms with E-state index in [1.807, 2.05) is 0 Å². The molecule has 1 N–H and O–H groups in total. The number of aliphatic hydroxyl groups is 1. The van der Waals surface area contributed by atoms with Gasteiger partial charge >= 0.3 is 0 Å². The molecule has 96 valence electrons. The Labute approximate surface area is 116 Å². The molecule has 3 heteroatoms. The number of halogens is 1. The van der Waals surface area contributed by atoms with Gasteiger partial charge in [0.05, 0.1) is 6.10 Å². The van der Waals surface area contributed by atoms with Crippen molar-refractivity contribution in [2.45, 2.75) is 51.6 Å². The maximum absolute atomic E-state index is 10.4. The van der Waals surface area contributed by atoms with Crippen molar-refractivity contribution in [2.75, 3.05) is 0 Å². The molecule has 3 unspecified atom stereocenters. The first-order valence-electron chi connectivity index (χ1n) is 6.33. The summed E-state index contributed by atoms with van der Waals surface area (Å²) >= 11 is 5.36. The highest BCUT2D eigenvalue weighted by molar-refractivity contribution is 9.10. The van der Waals surface area contributed by atoms with Gasteiger partial charge in [-0.1, -0.05) is 27.2 Å². The molecule has 1 heterocycles. The lowest BCUT2D eigenvalue weighted by Gasteiger charge is -2.42. The van der Waals surface area contributed by atoms with Crippen LogP contribution in [0, 0.1) is 11.8 Å². The van der Waals surface area contributed by atoms with E-state index in [-0.39, 0.29) is 11.5 Å². The Morgan fingerprint density at radius 3 is 2.59 bits per heavy atom. The normalized spacial score (nSPS) is 30.5. The second-order valence-corrected chi connectivity index (χ2v) is 7.55. The van der Waals surface area contributed by atoms with E-state index in [0.717, 1.165) is 12.8 Å². The lowest BCUT2D eigenvalue weighted by atomic mass is 9.65. The van der Waals surface area contributed by atoms with Gasteiger partial charge in [0.25, 0.3) is 0 Å². The molecule has 0 spiro atoms. The zero-order valence-corrected chi connectivity index (χ0v) is 13.1. The first-order chi connectivity index (χ1) is 7.93. The van der Waals surface area contributed by atoms with Crippen molar-refractivity contribution in [2.24, 2.45) is 11.8 Å². The summed E-state index contributed by atoms with van der Waals surface area (Å²) in [5.74, 6) is 1.05. The highest BCUT2D eigenvalue weighted by Gasteiger charge is 2.40. The first-order valence-corrected chi connectivity index (χ1v) is 8.06. The third kappa shape index (κ3) is 2.61. The predicted octanol–water partition coefficient (Wildman–Crippen LogP) is 4.59. The third-order valence-corrected chi connectivity index (χ3v) is 6.02. The zero-order chi connectivity index (χ0) is 12.6. The Kier molecular flexibility index (Phi) is 4.01. The smallest absolute Gasteiger partial charge is 0.0579 e. The largest absolute Gasteiger partial charge is 0.393 e. The molecule has 17 heavy (non-hydrogen) atoms. The Morgan fingerprint density at radius 2 is 2.06 bits per heavy atom. The Hall–Kier alpha value is 0.140. The molecule has 3 atom stereocenters. The van der Waals surface area contributed by atoms with Crippen LogP contribution in [0.25, 0.3) is 0 Å². The van der Waals surface area contributed by atoms with Crippen molar-refractivity contribution in [3.63, 3.8) is 0 Å². The number of hydrogen-bond acceptors (Lipinski definition) is 2. The fourth-order valence-corrected chi connectivity index (χ4v) is 5.12. The zero-order valence-electron chi connectivity index (χ0n) is 10.7. The van der Waals surface area contributed by atoms with Crippen LogP contribution in [0.4, 0.5) is 0 Å². The van der Waals surface area contributed by atoms with Gasteiger partial charge in [-0.3, -0.25) is 0 Å². The predicted molar refractivity (Wildman–Crippen MR) is 77.6 cm³/mol. The van der Waals surface area contributed by atoms with Crippen LogP contribution in [0.2, 0.25) is 0 Å². The van der Waals surface area contributed by atoms with Crippen LogP contribution in [-0.2, 0) is 5.41 Å². The molecule has 2 rings (SSSR count). The van der Waals surface area contributed by atoms with Gasteiger partial charge in [0.15, 0.2) is 0 Å². The number of aliphatic hydroxyl groups excluding tert-OH is 1. The van der Waals surface area contributed by atoms with E-state index in [2.05, 4.69) is 47.5 Å². The minimum Gasteiger partial charge on any atom is -0.393 e. The summed E-state index contributed by atoms with van der Waals surface area (Å²) < 4.78 is 1.19. The number of rotatable bonds is 2. The summed E-state index contributed by atoms with van der Waals surface area (Å²) in [6.45, 7) is 6.78. The van der Waals surface area contributed by atoms with E-state index in [0.29, 0.717) is 11.8 Å². The molecule has 1 aliphatic rings. The van der Waals surface area contributed by atoms with Crippen LogP contribution in [-0.4, -0.2) is 11.2 Å². The van der Waals surface area contributed by atoms with E-state index < -0.39 is 0 Å². The van der Waals surface area contributed by atoms with Gasteiger partial charge in [0.1, 0.15) is 0 Å². The summed E-state index contributed by atoms with van der Waals surface area (Å²) in [5, 5.41) is 14.7. The molecular weight excluding hydrogens is 296 g/mol. The summed E-state index contributed by atoms with van der Waals surface area (Å²) in [6, 6.07) is 0. The number of thiophene rings is 1. The molecule has 0 radical (unpaired) electrons. The molecule has 1 aromatic rings. The van der Waals surface area contributed by atoms with Gasteiger partial charge in [0.2, 0.25) is 0 Å². The van der Waals surface area contributed by atoms with Crippen molar-refractivity contribution in [3.8, 4) is 0 Å². The average molecular weight is 317 g/mol. The van der Waals surface area contributed by atoms with Gasteiger partial charge < -0.3 is 5.11 Å². The van der Waals surface area contributed by atoms with Gasteiger partial charge in [-0.2, -0.15) is 11.3 Å². The molecule has 0 aliphatic heterocycles. The van der Waals surface area contributed by atoms with E-state index in [1.165, 1.54) is 16.5 Å². The molecule has 1 nitrogen and oxygen atoms in total. The summed E-state index contributed by atoms with van der Waals surface area (Å²) in [6.07, 6.45) is 3.18. The standard InChI is InChI=1S/C14H21BrOS/c1-9-4-5-10(13(16)6-9)14(2,3)11-7-17-8-12(11)15/h7-10,13,16H,4-6H2,1-3H3. The first kappa shape index (κ1) is 13.6. The van der Waals surface area contributed by atoms with E-state index in [9.17, 15) is 5.11 Å². The highest BCUT2D eigenvalue weighted by Crippen LogP contribution is 2.45. The number of hydrogen-bond donors (Lipinski definition) is 1. The van der Waals surface area contributed by atoms with Crippen molar-refractivity contribution in [3.05, 3.63) is 20.8 Å². The minimum absolute atomic E-state index is 0.0540. The van der Waals surface area contributed by atoms with Gasteiger partial charge in [0, 0.05) is 9.85 Å². The minimum atomic E-state index is -0.152. The maximum atomic E-state index is 10.4. The van der Waals surface area contributed by atoms with Crippen molar-refractivity contribution >= 4 is 27.3 Å². The SMILES string of the molecule is CC1CCC(C(C)(C)c2cscc2Br)C(O)C1. The van der Waals surface area contributed by atoms with Crippen LogP contribution >= 0.6 is 27.3 Å². The molecular formula is C14H21BrOS. The van der Waals surface area contributed by atoms with E-state index in [4.69, 9.17) is 0 Å². The van der Waals surface area contributed by atoms with E-state index in [1.54, 1.807) is 11.3 Å². The second-order valence-electron chi connectivity index (χ2n) is 5.95. The summed E-state index contributed by atoms with van der Waals surface area (Å²) in [4.78, 5) is 0. The molecule has 1 saturated carbocycles. The Bertz CT molecular complexity index is 385. The molecule has 1 aliphatic carbocycles. The lowest BCUT2D eigenvalue weighted by molar-refractivity contribution is 0.0143. The second kappa shape index (κ2) is 5.02. The maximum Gasteiger partial charge on any atom is 0.0579 e. The quantitative estimate of drug-likeness (QED) is 0.846. The summed E-state index contributed by atoms with van der Waals surface area (Å²) in [5.41, 5.74) is 1.40. The monoisotopic (exact) mass is 316 g/mol. The van der Waals surface area contributed by atoms with E-state index >= 15 is 0 Å². The van der Waals surface area contributed by atoms with Gasteiger partial charge in [-0.15, -0.1) is 0 Å². The fourth-order valence-electron chi connectivity index (χ4n) is 3.13. The molecule has 0 aromatic carbocycles. The molecule has 0 saturated heterocycles. The topological polar surface area (TPSA) is 20.2 Å².